The van der Waals surface area contributed by atoms with Gasteiger partial charge in [0.05, 0.1) is 18.6 Å². The van der Waals surface area contributed by atoms with Gasteiger partial charge in [-0.25, -0.2) is 4.98 Å². The van der Waals surface area contributed by atoms with E-state index in [4.69, 9.17) is 5.11 Å². The fourth-order valence-corrected chi connectivity index (χ4v) is 1.07. The van der Waals surface area contributed by atoms with E-state index in [0.29, 0.717) is 5.41 Å². The molecule has 0 unspecified atom stereocenters. The molecule has 0 radical (unpaired) electrons. The van der Waals surface area contributed by atoms with Crippen LogP contribution in [0, 0.1) is 5.41 Å². The highest BCUT2D eigenvalue weighted by molar-refractivity contribution is 4.94. The average Bonchev–Trinajstić information content (AvgIpc) is 2.47. The highest BCUT2D eigenvalue weighted by Crippen LogP contribution is 2.19. The Labute approximate surface area is 79.4 Å². The van der Waals surface area contributed by atoms with Crippen LogP contribution in [0.15, 0.2) is 12.5 Å². The minimum absolute atomic E-state index is 0.0303. The van der Waals surface area contributed by atoms with Gasteiger partial charge in [0, 0.05) is 12.7 Å². The zero-order valence-electron chi connectivity index (χ0n) is 8.62. The lowest BCUT2D eigenvalue weighted by Gasteiger charge is -2.17. The summed E-state index contributed by atoms with van der Waals surface area (Å²) in [4.78, 5) is 4.05. The second-order valence-electron chi connectivity index (χ2n) is 4.57. The molecule has 0 amide bonds. The van der Waals surface area contributed by atoms with E-state index < -0.39 is 0 Å². The Hall–Kier alpha value is -0.830. The third-order valence-corrected chi connectivity index (χ3v) is 1.97. The molecule has 0 atom stereocenters. The van der Waals surface area contributed by atoms with Crippen molar-refractivity contribution < 1.29 is 5.11 Å². The zero-order valence-corrected chi connectivity index (χ0v) is 8.62. The van der Waals surface area contributed by atoms with Crippen LogP contribution in [0.4, 0.5) is 0 Å². The van der Waals surface area contributed by atoms with E-state index in [2.05, 4.69) is 25.8 Å². The van der Waals surface area contributed by atoms with Crippen LogP contribution in [-0.4, -0.2) is 14.7 Å². The van der Waals surface area contributed by atoms with Gasteiger partial charge in [-0.05, 0) is 11.8 Å². The summed E-state index contributed by atoms with van der Waals surface area (Å²) < 4.78 is 2.02. The molecular formula is C10H18N2O. The molecule has 0 aliphatic heterocycles. The van der Waals surface area contributed by atoms with E-state index in [0.717, 1.165) is 18.7 Å². The Kier molecular flexibility index (Phi) is 3.09. The van der Waals surface area contributed by atoms with Crippen LogP contribution in [0.5, 0.6) is 0 Å². The van der Waals surface area contributed by atoms with Crippen molar-refractivity contribution >= 4 is 0 Å². The van der Waals surface area contributed by atoms with Gasteiger partial charge in [0.25, 0.3) is 0 Å². The smallest absolute Gasteiger partial charge is 0.0950 e. The van der Waals surface area contributed by atoms with Gasteiger partial charge in [0.15, 0.2) is 0 Å². The number of aromatic nitrogens is 2. The van der Waals surface area contributed by atoms with Crippen molar-refractivity contribution in [2.45, 2.75) is 40.3 Å². The molecule has 0 saturated heterocycles. The van der Waals surface area contributed by atoms with Gasteiger partial charge in [-0.1, -0.05) is 20.8 Å². The topological polar surface area (TPSA) is 38.0 Å². The number of aliphatic hydroxyl groups excluding tert-OH is 1. The lowest BCUT2D eigenvalue weighted by Crippen LogP contribution is -2.09. The van der Waals surface area contributed by atoms with Gasteiger partial charge in [-0.15, -0.1) is 0 Å². The number of aryl methyl sites for hydroxylation is 1. The first-order chi connectivity index (χ1) is 6.01. The first-order valence-corrected chi connectivity index (χ1v) is 4.63. The fourth-order valence-electron chi connectivity index (χ4n) is 1.07. The van der Waals surface area contributed by atoms with Gasteiger partial charge in [-0.2, -0.15) is 0 Å². The van der Waals surface area contributed by atoms with Gasteiger partial charge in [0.2, 0.25) is 0 Å². The molecule has 3 nitrogen and oxygen atoms in total. The second-order valence-corrected chi connectivity index (χ2v) is 4.57. The number of rotatable bonds is 3. The van der Waals surface area contributed by atoms with Gasteiger partial charge >= 0.3 is 0 Å². The molecule has 74 valence electrons. The summed E-state index contributed by atoms with van der Waals surface area (Å²) in [5.74, 6) is 0. The summed E-state index contributed by atoms with van der Waals surface area (Å²) in [5.41, 5.74) is 1.10. The van der Waals surface area contributed by atoms with Crippen molar-refractivity contribution in [1.82, 2.24) is 9.55 Å². The van der Waals surface area contributed by atoms with Crippen LogP contribution < -0.4 is 0 Å². The van der Waals surface area contributed by atoms with Crippen molar-refractivity contribution in [3.63, 3.8) is 0 Å². The van der Waals surface area contributed by atoms with E-state index in [-0.39, 0.29) is 6.61 Å². The van der Waals surface area contributed by atoms with E-state index in [1.54, 1.807) is 6.33 Å². The maximum Gasteiger partial charge on any atom is 0.0950 e. The second kappa shape index (κ2) is 3.92. The third-order valence-electron chi connectivity index (χ3n) is 1.97. The Morgan fingerprint density at radius 2 is 2.15 bits per heavy atom. The minimum atomic E-state index is 0.0303. The predicted molar refractivity (Wildman–Crippen MR) is 52.2 cm³/mol. The summed E-state index contributed by atoms with van der Waals surface area (Å²) in [6, 6.07) is 0. The normalized spacial score (nSPS) is 12.0. The van der Waals surface area contributed by atoms with Gasteiger partial charge in [-0.3, -0.25) is 0 Å². The van der Waals surface area contributed by atoms with Crippen molar-refractivity contribution in [2.24, 2.45) is 5.41 Å². The molecule has 0 aromatic carbocycles. The van der Waals surface area contributed by atoms with Crippen LogP contribution >= 0.6 is 0 Å². The average molecular weight is 182 g/mol. The largest absolute Gasteiger partial charge is 0.390 e. The van der Waals surface area contributed by atoms with E-state index in [1.165, 1.54) is 0 Å². The van der Waals surface area contributed by atoms with E-state index >= 15 is 0 Å². The summed E-state index contributed by atoms with van der Waals surface area (Å²) in [5, 5.41) is 8.80. The molecular weight excluding hydrogens is 164 g/mol. The lowest BCUT2D eigenvalue weighted by molar-refractivity contribution is 0.277. The van der Waals surface area contributed by atoms with Crippen LogP contribution in [-0.2, 0) is 13.2 Å². The fraction of sp³-hybridized carbons (Fsp3) is 0.700. The molecule has 0 spiro atoms. The minimum Gasteiger partial charge on any atom is -0.390 e. The summed E-state index contributed by atoms with van der Waals surface area (Å²) >= 11 is 0. The van der Waals surface area contributed by atoms with Crippen LogP contribution in [0.3, 0.4) is 0 Å². The van der Waals surface area contributed by atoms with Crippen LogP contribution in [0.1, 0.15) is 32.9 Å². The quantitative estimate of drug-likeness (QED) is 0.774. The molecule has 1 aromatic rings. The summed E-state index contributed by atoms with van der Waals surface area (Å²) in [6.07, 6.45) is 4.79. The lowest BCUT2D eigenvalue weighted by atomic mass is 9.92. The van der Waals surface area contributed by atoms with Crippen molar-refractivity contribution in [3.8, 4) is 0 Å². The molecule has 0 bridgehead atoms. The molecule has 3 heteroatoms. The maximum absolute atomic E-state index is 8.80. The van der Waals surface area contributed by atoms with Crippen molar-refractivity contribution in [3.05, 3.63) is 18.2 Å². The molecule has 1 N–H and O–H groups in total. The third kappa shape index (κ3) is 3.59. The number of imidazole rings is 1. The Balaban J connectivity index is 2.46. The van der Waals surface area contributed by atoms with E-state index in [1.807, 2.05) is 10.8 Å². The summed E-state index contributed by atoms with van der Waals surface area (Å²) in [6.45, 7) is 7.66. The monoisotopic (exact) mass is 182 g/mol. The number of nitrogens with zero attached hydrogens (tertiary/aromatic N) is 2. The summed E-state index contributed by atoms with van der Waals surface area (Å²) in [7, 11) is 0. The number of hydrogen-bond donors (Lipinski definition) is 1. The zero-order chi connectivity index (χ0) is 9.90. The Bertz CT molecular complexity index is 260. The Morgan fingerprint density at radius 1 is 1.46 bits per heavy atom. The van der Waals surface area contributed by atoms with Gasteiger partial charge in [0.1, 0.15) is 0 Å². The molecule has 13 heavy (non-hydrogen) atoms. The number of hydrogen-bond acceptors (Lipinski definition) is 2. The van der Waals surface area contributed by atoms with Crippen LogP contribution in [0.2, 0.25) is 0 Å². The maximum atomic E-state index is 8.80. The molecule has 1 heterocycles. The SMILES string of the molecule is CC(C)(C)CCn1cnc(CO)c1. The number of aliphatic hydroxyl groups is 1. The molecule has 0 aliphatic rings. The highest BCUT2D eigenvalue weighted by atomic mass is 16.3. The molecule has 0 aliphatic carbocycles. The first kappa shape index (κ1) is 10.3. The molecule has 1 rings (SSSR count). The van der Waals surface area contributed by atoms with Gasteiger partial charge < -0.3 is 9.67 Å². The van der Waals surface area contributed by atoms with Crippen molar-refractivity contribution in [1.29, 1.82) is 0 Å². The molecule has 0 fully saturated rings. The van der Waals surface area contributed by atoms with E-state index in [9.17, 15) is 0 Å². The standard InChI is InChI=1S/C10H18N2O/c1-10(2,3)4-5-12-6-9(7-13)11-8-12/h6,8,13H,4-5,7H2,1-3H3. The predicted octanol–water partition coefficient (Wildman–Crippen LogP) is 1.81. The Morgan fingerprint density at radius 3 is 2.62 bits per heavy atom. The van der Waals surface area contributed by atoms with Crippen LogP contribution in [0.25, 0.3) is 0 Å². The molecule has 1 aromatic heterocycles. The highest BCUT2D eigenvalue weighted by Gasteiger charge is 2.09. The molecule has 0 saturated carbocycles. The van der Waals surface area contributed by atoms with Crippen molar-refractivity contribution in [2.75, 3.05) is 0 Å². The first-order valence-electron chi connectivity index (χ1n) is 4.63.